The first-order valence-electron chi connectivity index (χ1n) is 10.3. The lowest BCUT2D eigenvalue weighted by Gasteiger charge is -2.28. The molecule has 1 saturated heterocycles. The Morgan fingerprint density at radius 2 is 1.67 bits per heavy atom. The number of hydrogen-bond donors (Lipinski definition) is 0. The zero-order chi connectivity index (χ0) is 19.2. The van der Waals surface area contributed by atoms with E-state index in [4.69, 9.17) is 0 Å². The normalized spacial score (nSPS) is 17.4. The Labute approximate surface area is 164 Å². The van der Waals surface area contributed by atoms with Gasteiger partial charge in [-0.3, -0.25) is 9.69 Å². The van der Waals surface area contributed by atoms with Crippen LogP contribution in [0.15, 0.2) is 54.6 Å². The second kappa shape index (κ2) is 9.18. The van der Waals surface area contributed by atoms with Crippen LogP contribution >= 0.6 is 0 Å². The van der Waals surface area contributed by atoms with Crippen molar-refractivity contribution in [2.24, 2.45) is 0 Å². The summed E-state index contributed by atoms with van der Waals surface area (Å²) in [6, 6.07) is 19.7. The van der Waals surface area contributed by atoms with E-state index < -0.39 is 0 Å². The van der Waals surface area contributed by atoms with Gasteiger partial charge in [-0.2, -0.15) is 0 Å². The molecule has 1 amide bonds. The molecule has 3 rings (SSSR count). The first-order valence-corrected chi connectivity index (χ1v) is 10.3. The fourth-order valence-corrected chi connectivity index (χ4v) is 4.17. The van der Waals surface area contributed by atoms with Gasteiger partial charge in [-0.05, 0) is 36.0 Å². The molecule has 27 heavy (non-hydrogen) atoms. The lowest BCUT2D eigenvalue weighted by Crippen LogP contribution is -2.41. The van der Waals surface area contributed by atoms with Gasteiger partial charge >= 0.3 is 0 Å². The molecule has 0 bridgehead atoms. The Kier molecular flexibility index (Phi) is 6.68. The van der Waals surface area contributed by atoms with Crippen molar-refractivity contribution >= 4 is 5.91 Å². The maximum atomic E-state index is 12.8. The van der Waals surface area contributed by atoms with E-state index >= 15 is 0 Å². The number of benzene rings is 2. The summed E-state index contributed by atoms with van der Waals surface area (Å²) in [6.07, 6.45) is 3.95. The van der Waals surface area contributed by atoms with Crippen molar-refractivity contribution in [3.05, 3.63) is 60.2 Å². The average Bonchev–Trinajstić information content (AvgIpc) is 3.19. The third-order valence-electron chi connectivity index (χ3n) is 6.01. The molecule has 1 heterocycles. The largest absolute Gasteiger partial charge is 0.341 e. The Morgan fingerprint density at radius 1 is 1.04 bits per heavy atom. The molecular formula is C24H32N2O. The molecule has 0 aliphatic carbocycles. The quantitative estimate of drug-likeness (QED) is 0.716. The Bertz CT molecular complexity index is 722. The number of nitrogens with zero attached hydrogens (tertiary/aromatic N) is 2. The molecule has 1 atom stereocenters. The van der Waals surface area contributed by atoms with Crippen LogP contribution in [0.4, 0.5) is 0 Å². The minimum Gasteiger partial charge on any atom is -0.341 e. The van der Waals surface area contributed by atoms with Gasteiger partial charge in [-0.25, -0.2) is 0 Å². The summed E-state index contributed by atoms with van der Waals surface area (Å²) in [7, 11) is 1.97. The highest BCUT2D eigenvalue weighted by molar-refractivity contribution is 5.79. The minimum absolute atomic E-state index is 0.221. The van der Waals surface area contributed by atoms with Crippen LogP contribution in [-0.2, 0) is 11.2 Å². The highest BCUT2D eigenvalue weighted by atomic mass is 16.2. The van der Waals surface area contributed by atoms with E-state index in [1.165, 1.54) is 24.0 Å². The molecule has 0 aromatic heterocycles. The van der Waals surface area contributed by atoms with Gasteiger partial charge in [0.15, 0.2) is 0 Å². The van der Waals surface area contributed by atoms with Crippen LogP contribution < -0.4 is 0 Å². The number of likely N-dealkylation sites (N-methyl/N-ethyl adjacent to an activating group) is 1. The lowest BCUT2D eigenvalue weighted by atomic mass is 10.0. The van der Waals surface area contributed by atoms with Gasteiger partial charge in [0.05, 0.1) is 6.42 Å². The molecule has 0 N–H and O–H groups in total. The Balaban J connectivity index is 1.57. The number of carbonyl (C=O) groups excluding carboxylic acids is 1. The molecule has 1 aliphatic rings. The number of hydrogen-bond acceptors (Lipinski definition) is 2. The zero-order valence-corrected chi connectivity index (χ0v) is 16.9. The summed E-state index contributed by atoms with van der Waals surface area (Å²) in [5, 5.41) is 0. The van der Waals surface area contributed by atoms with Crippen molar-refractivity contribution in [1.29, 1.82) is 0 Å². The smallest absolute Gasteiger partial charge is 0.227 e. The molecule has 1 aliphatic heterocycles. The molecule has 1 unspecified atom stereocenters. The molecule has 144 valence electrons. The predicted molar refractivity (Wildman–Crippen MR) is 113 cm³/mol. The molecule has 3 heteroatoms. The van der Waals surface area contributed by atoms with Crippen LogP contribution in [0.2, 0.25) is 0 Å². The van der Waals surface area contributed by atoms with Gasteiger partial charge in [0.2, 0.25) is 5.91 Å². The Morgan fingerprint density at radius 3 is 2.30 bits per heavy atom. The van der Waals surface area contributed by atoms with E-state index in [1.807, 2.05) is 30.1 Å². The van der Waals surface area contributed by atoms with Crippen molar-refractivity contribution in [2.75, 3.05) is 20.1 Å². The minimum atomic E-state index is 0.221. The van der Waals surface area contributed by atoms with Crippen molar-refractivity contribution in [3.8, 4) is 11.1 Å². The van der Waals surface area contributed by atoms with Crippen molar-refractivity contribution < 1.29 is 4.79 Å². The van der Waals surface area contributed by atoms with Gasteiger partial charge < -0.3 is 4.90 Å². The summed E-state index contributed by atoms with van der Waals surface area (Å²) >= 11 is 0. The molecule has 0 saturated carbocycles. The van der Waals surface area contributed by atoms with E-state index in [9.17, 15) is 4.79 Å². The first-order chi connectivity index (χ1) is 13.1. The van der Waals surface area contributed by atoms with Crippen LogP contribution in [0.1, 0.15) is 38.7 Å². The topological polar surface area (TPSA) is 23.6 Å². The second-order valence-corrected chi connectivity index (χ2v) is 7.65. The third-order valence-corrected chi connectivity index (χ3v) is 6.01. The SMILES string of the molecule is CCC(CC)N1CCC(N(C)C(=O)Cc2ccc(-c3ccccc3)cc2)C1. The summed E-state index contributed by atoms with van der Waals surface area (Å²) in [6.45, 7) is 6.65. The van der Waals surface area contributed by atoms with E-state index in [1.54, 1.807) is 0 Å². The Hall–Kier alpha value is -2.13. The predicted octanol–water partition coefficient (Wildman–Crippen LogP) is 4.62. The van der Waals surface area contributed by atoms with Crippen LogP contribution in [0.25, 0.3) is 11.1 Å². The third kappa shape index (κ3) is 4.78. The number of rotatable bonds is 7. The molecule has 2 aromatic rings. The van der Waals surface area contributed by atoms with E-state index in [0.29, 0.717) is 18.5 Å². The second-order valence-electron chi connectivity index (χ2n) is 7.65. The van der Waals surface area contributed by atoms with Crippen LogP contribution in [0, 0.1) is 0 Å². The first kappa shape index (κ1) is 19.6. The van der Waals surface area contributed by atoms with E-state index in [-0.39, 0.29) is 5.91 Å². The number of carbonyl (C=O) groups is 1. The highest BCUT2D eigenvalue weighted by Gasteiger charge is 2.30. The summed E-state index contributed by atoms with van der Waals surface area (Å²) in [5.41, 5.74) is 3.48. The fourth-order valence-electron chi connectivity index (χ4n) is 4.17. The van der Waals surface area contributed by atoms with Crippen molar-refractivity contribution in [1.82, 2.24) is 9.80 Å². The van der Waals surface area contributed by atoms with Gasteiger partial charge in [0, 0.05) is 32.2 Å². The van der Waals surface area contributed by atoms with Gasteiger partial charge in [0.25, 0.3) is 0 Å². The van der Waals surface area contributed by atoms with E-state index in [0.717, 1.165) is 25.1 Å². The van der Waals surface area contributed by atoms with Crippen LogP contribution in [-0.4, -0.2) is 47.9 Å². The average molecular weight is 365 g/mol. The highest BCUT2D eigenvalue weighted by Crippen LogP contribution is 2.22. The number of amides is 1. The standard InChI is InChI=1S/C24H32N2O/c1-4-22(5-2)26-16-15-23(18-26)25(3)24(27)17-19-11-13-21(14-12-19)20-9-7-6-8-10-20/h6-14,22-23H,4-5,15-18H2,1-3H3. The van der Waals surface area contributed by atoms with Crippen molar-refractivity contribution in [2.45, 2.75) is 51.6 Å². The zero-order valence-electron chi connectivity index (χ0n) is 16.9. The van der Waals surface area contributed by atoms with Gasteiger partial charge in [0.1, 0.15) is 0 Å². The monoisotopic (exact) mass is 364 g/mol. The van der Waals surface area contributed by atoms with Gasteiger partial charge in [-0.1, -0.05) is 68.4 Å². The van der Waals surface area contributed by atoms with Crippen LogP contribution in [0.5, 0.6) is 0 Å². The lowest BCUT2D eigenvalue weighted by molar-refractivity contribution is -0.131. The summed E-state index contributed by atoms with van der Waals surface area (Å²) in [4.78, 5) is 17.3. The fraction of sp³-hybridized carbons (Fsp3) is 0.458. The summed E-state index contributed by atoms with van der Waals surface area (Å²) in [5.74, 6) is 0.221. The van der Waals surface area contributed by atoms with Crippen LogP contribution in [0.3, 0.4) is 0 Å². The molecule has 0 spiro atoms. The number of likely N-dealkylation sites (tertiary alicyclic amines) is 1. The maximum Gasteiger partial charge on any atom is 0.227 e. The molecule has 1 fully saturated rings. The van der Waals surface area contributed by atoms with E-state index in [2.05, 4.69) is 55.1 Å². The molecule has 0 radical (unpaired) electrons. The van der Waals surface area contributed by atoms with Crippen molar-refractivity contribution in [3.63, 3.8) is 0 Å². The van der Waals surface area contributed by atoms with Gasteiger partial charge in [-0.15, -0.1) is 0 Å². The molecule has 2 aromatic carbocycles. The molecular weight excluding hydrogens is 332 g/mol. The molecule has 3 nitrogen and oxygen atoms in total. The summed E-state index contributed by atoms with van der Waals surface area (Å²) < 4.78 is 0. The maximum absolute atomic E-state index is 12.8.